The van der Waals surface area contributed by atoms with Gasteiger partial charge >= 0.3 is 0 Å². The van der Waals surface area contributed by atoms with Crippen molar-refractivity contribution in [2.75, 3.05) is 19.6 Å². The SMILES string of the molecule is CC(C)CNC(=O)CNCCc1ccc(Br)s1. The zero-order valence-electron chi connectivity index (χ0n) is 10.3. The Morgan fingerprint density at radius 3 is 2.82 bits per heavy atom. The van der Waals surface area contributed by atoms with Gasteiger partial charge in [0.25, 0.3) is 0 Å². The summed E-state index contributed by atoms with van der Waals surface area (Å²) in [6, 6.07) is 4.16. The highest BCUT2D eigenvalue weighted by Gasteiger charge is 2.02. The molecule has 0 saturated heterocycles. The average Bonchev–Trinajstić information content (AvgIpc) is 2.68. The van der Waals surface area contributed by atoms with E-state index < -0.39 is 0 Å². The van der Waals surface area contributed by atoms with Crippen molar-refractivity contribution in [3.05, 3.63) is 20.8 Å². The molecule has 0 spiro atoms. The first-order valence-corrected chi connectivity index (χ1v) is 7.40. The molecule has 0 saturated carbocycles. The second kappa shape index (κ2) is 7.84. The molecule has 0 aromatic carbocycles. The molecular weight excluding hydrogens is 300 g/mol. The lowest BCUT2D eigenvalue weighted by Crippen LogP contribution is -2.36. The quantitative estimate of drug-likeness (QED) is 0.758. The van der Waals surface area contributed by atoms with Crippen LogP contribution in [-0.2, 0) is 11.2 Å². The zero-order valence-corrected chi connectivity index (χ0v) is 12.7. The maximum absolute atomic E-state index is 11.4. The fourth-order valence-electron chi connectivity index (χ4n) is 1.28. The lowest BCUT2D eigenvalue weighted by Gasteiger charge is -2.08. The fraction of sp³-hybridized carbons (Fsp3) is 0.583. The largest absolute Gasteiger partial charge is 0.355 e. The standard InChI is InChI=1S/C12H19BrN2OS/c1-9(2)7-15-12(16)8-14-6-5-10-3-4-11(13)17-10/h3-4,9,14H,5-8H2,1-2H3,(H,15,16). The van der Waals surface area contributed by atoms with Crippen LogP contribution in [-0.4, -0.2) is 25.5 Å². The molecule has 3 nitrogen and oxygen atoms in total. The minimum atomic E-state index is 0.0751. The van der Waals surface area contributed by atoms with Crippen molar-refractivity contribution in [2.45, 2.75) is 20.3 Å². The van der Waals surface area contributed by atoms with Gasteiger partial charge in [0.2, 0.25) is 5.91 Å². The molecule has 1 aromatic heterocycles. The molecule has 96 valence electrons. The van der Waals surface area contributed by atoms with Gasteiger partial charge < -0.3 is 10.6 Å². The van der Waals surface area contributed by atoms with Crippen molar-refractivity contribution < 1.29 is 4.79 Å². The maximum Gasteiger partial charge on any atom is 0.233 e. The third-order valence-electron chi connectivity index (χ3n) is 2.17. The summed E-state index contributed by atoms with van der Waals surface area (Å²) in [6.07, 6.45) is 0.966. The second-order valence-corrected chi connectivity index (χ2v) is 6.88. The summed E-state index contributed by atoms with van der Waals surface area (Å²) in [5.74, 6) is 0.577. The third kappa shape index (κ3) is 6.81. The summed E-state index contributed by atoms with van der Waals surface area (Å²) in [5.41, 5.74) is 0. The van der Waals surface area contributed by atoms with Gasteiger partial charge in [0.05, 0.1) is 10.3 Å². The highest BCUT2D eigenvalue weighted by Crippen LogP contribution is 2.21. The molecule has 1 aromatic rings. The topological polar surface area (TPSA) is 41.1 Å². The van der Waals surface area contributed by atoms with Crippen molar-refractivity contribution >= 4 is 33.2 Å². The van der Waals surface area contributed by atoms with Gasteiger partial charge in [-0.1, -0.05) is 13.8 Å². The van der Waals surface area contributed by atoms with Gasteiger partial charge in [-0.15, -0.1) is 11.3 Å². The van der Waals surface area contributed by atoms with Crippen molar-refractivity contribution in [3.8, 4) is 0 Å². The Bertz CT molecular complexity index is 352. The number of rotatable bonds is 7. The molecule has 0 aliphatic heterocycles. The summed E-state index contributed by atoms with van der Waals surface area (Å²) < 4.78 is 1.15. The monoisotopic (exact) mass is 318 g/mol. The normalized spacial score (nSPS) is 10.8. The van der Waals surface area contributed by atoms with E-state index in [0.717, 1.165) is 23.3 Å². The van der Waals surface area contributed by atoms with Crippen LogP contribution < -0.4 is 10.6 Å². The van der Waals surface area contributed by atoms with Crippen LogP contribution in [0.1, 0.15) is 18.7 Å². The molecular formula is C12H19BrN2OS. The van der Waals surface area contributed by atoms with E-state index >= 15 is 0 Å². The van der Waals surface area contributed by atoms with E-state index in [1.165, 1.54) is 4.88 Å². The first-order chi connectivity index (χ1) is 8.08. The highest BCUT2D eigenvalue weighted by molar-refractivity contribution is 9.11. The predicted molar refractivity (Wildman–Crippen MR) is 76.4 cm³/mol. The third-order valence-corrected chi connectivity index (χ3v) is 3.85. The lowest BCUT2D eigenvalue weighted by molar-refractivity contribution is -0.120. The van der Waals surface area contributed by atoms with Crippen LogP contribution in [0, 0.1) is 5.92 Å². The molecule has 5 heteroatoms. The van der Waals surface area contributed by atoms with Crippen molar-refractivity contribution in [1.29, 1.82) is 0 Å². The summed E-state index contributed by atoms with van der Waals surface area (Å²) >= 11 is 5.17. The van der Waals surface area contributed by atoms with E-state index in [9.17, 15) is 4.79 Å². The number of halogens is 1. The van der Waals surface area contributed by atoms with Gasteiger partial charge in [-0.2, -0.15) is 0 Å². The fourth-order valence-corrected chi connectivity index (χ4v) is 2.76. The molecule has 1 rings (SSSR count). The first kappa shape index (κ1) is 14.7. The molecule has 1 amide bonds. The van der Waals surface area contributed by atoms with Crippen LogP contribution in [0.15, 0.2) is 15.9 Å². The Balaban J connectivity index is 2.06. The van der Waals surface area contributed by atoms with Crippen molar-refractivity contribution in [2.24, 2.45) is 5.92 Å². The Morgan fingerprint density at radius 1 is 1.47 bits per heavy atom. The second-order valence-electron chi connectivity index (χ2n) is 4.33. The molecule has 0 aliphatic carbocycles. The molecule has 17 heavy (non-hydrogen) atoms. The molecule has 0 aliphatic rings. The van der Waals surface area contributed by atoms with E-state index in [0.29, 0.717) is 12.5 Å². The Morgan fingerprint density at radius 2 is 2.24 bits per heavy atom. The Hall–Kier alpha value is -0.390. The number of amides is 1. The van der Waals surface area contributed by atoms with Crippen LogP contribution in [0.4, 0.5) is 0 Å². The van der Waals surface area contributed by atoms with Crippen LogP contribution in [0.2, 0.25) is 0 Å². The zero-order chi connectivity index (χ0) is 12.7. The molecule has 1 heterocycles. The average molecular weight is 319 g/mol. The van der Waals surface area contributed by atoms with Crippen LogP contribution in [0.5, 0.6) is 0 Å². The van der Waals surface area contributed by atoms with E-state index in [1.54, 1.807) is 11.3 Å². The molecule has 0 atom stereocenters. The van der Waals surface area contributed by atoms with Crippen LogP contribution in [0.25, 0.3) is 0 Å². The first-order valence-electron chi connectivity index (χ1n) is 5.79. The number of carbonyl (C=O) groups is 1. The van der Waals surface area contributed by atoms with E-state index in [2.05, 4.69) is 52.5 Å². The van der Waals surface area contributed by atoms with E-state index in [-0.39, 0.29) is 5.91 Å². The molecule has 2 N–H and O–H groups in total. The maximum atomic E-state index is 11.4. The smallest absolute Gasteiger partial charge is 0.233 e. The predicted octanol–water partition coefficient (Wildman–Crippen LogP) is 2.41. The summed E-state index contributed by atoms with van der Waals surface area (Å²) in [4.78, 5) is 12.7. The number of thiophene rings is 1. The van der Waals surface area contributed by atoms with Crippen LogP contribution in [0.3, 0.4) is 0 Å². The Labute approximate surface area is 115 Å². The van der Waals surface area contributed by atoms with Gasteiger partial charge in [0.1, 0.15) is 0 Å². The van der Waals surface area contributed by atoms with Gasteiger partial charge in [-0.3, -0.25) is 4.79 Å². The van der Waals surface area contributed by atoms with Crippen molar-refractivity contribution in [3.63, 3.8) is 0 Å². The molecule has 0 unspecified atom stereocenters. The van der Waals surface area contributed by atoms with Gasteiger partial charge in [-0.25, -0.2) is 0 Å². The summed E-state index contributed by atoms with van der Waals surface area (Å²) in [5, 5.41) is 6.02. The summed E-state index contributed by atoms with van der Waals surface area (Å²) in [6.45, 7) is 6.16. The lowest BCUT2D eigenvalue weighted by atomic mass is 10.2. The van der Waals surface area contributed by atoms with Gasteiger partial charge in [0, 0.05) is 18.0 Å². The minimum Gasteiger partial charge on any atom is -0.355 e. The summed E-state index contributed by atoms with van der Waals surface area (Å²) in [7, 11) is 0. The molecule has 0 fully saturated rings. The Kier molecular flexibility index (Phi) is 6.77. The molecule has 0 bridgehead atoms. The van der Waals surface area contributed by atoms with Crippen molar-refractivity contribution in [1.82, 2.24) is 10.6 Å². The van der Waals surface area contributed by atoms with E-state index in [1.807, 2.05) is 0 Å². The van der Waals surface area contributed by atoms with Gasteiger partial charge in [-0.05, 0) is 40.4 Å². The van der Waals surface area contributed by atoms with Gasteiger partial charge in [0.15, 0.2) is 0 Å². The van der Waals surface area contributed by atoms with E-state index in [4.69, 9.17) is 0 Å². The number of hydrogen-bond donors (Lipinski definition) is 2. The molecule has 0 radical (unpaired) electrons. The number of nitrogens with one attached hydrogen (secondary N) is 2. The number of carbonyl (C=O) groups excluding carboxylic acids is 1. The highest BCUT2D eigenvalue weighted by atomic mass is 79.9. The minimum absolute atomic E-state index is 0.0751. The number of hydrogen-bond acceptors (Lipinski definition) is 3. The van der Waals surface area contributed by atoms with Crippen LogP contribution >= 0.6 is 27.3 Å².